The van der Waals surface area contributed by atoms with Crippen LogP contribution in [0, 0.1) is 5.92 Å². The molecule has 0 aromatic heterocycles. The van der Waals surface area contributed by atoms with Crippen LogP contribution in [-0.2, 0) is 14.3 Å². The molecule has 2 atom stereocenters. The molecule has 1 aliphatic heterocycles. The smallest absolute Gasteiger partial charge is 0.336 e. The Morgan fingerprint density at radius 2 is 2.28 bits per heavy atom. The lowest BCUT2D eigenvalue weighted by molar-refractivity contribution is -0.140. The van der Waals surface area contributed by atoms with Crippen LogP contribution in [0.2, 0.25) is 0 Å². The molecule has 0 aromatic carbocycles. The van der Waals surface area contributed by atoms with E-state index >= 15 is 0 Å². The number of carbonyl (C=O) groups is 1. The highest BCUT2D eigenvalue weighted by atomic mass is 16.5. The van der Waals surface area contributed by atoms with Crippen molar-refractivity contribution in [3.05, 3.63) is 22.8 Å². The molecule has 1 heterocycles. The van der Waals surface area contributed by atoms with Gasteiger partial charge in [-0.25, -0.2) is 4.79 Å². The Kier molecular flexibility index (Phi) is 3.25. The Morgan fingerprint density at radius 3 is 3.11 bits per heavy atom. The van der Waals surface area contributed by atoms with Crippen LogP contribution in [0.4, 0.5) is 0 Å². The number of fused-ring (bicyclic) bond motifs is 2. The van der Waals surface area contributed by atoms with Crippen LogP contribution in [0.25, 0.3) is 0 Å². The molecule has 0 N–H and O–H groups in total. The third-order valence-electron chi connectivity index (χ3n) is 4.24. The van der Waals surface area contributed by atoms with Gasteiger partial charge >= 0.3 is 5.97 Å². The average Bonchev–Trinajstić information content (AvgIpc) is 2.87. The normalized spacial score (nSPS) is 30.6. The van der Waals surface area contributed by atoms with Crippen molar-refractivity contribution in [3.63, 3.8) is 0 Å². The summed E-state index contributed by atoms with van der Waals surface area (Å²) in [6, 6.07) is 0. The van der Waals surface area contributed by atoms with Crippen LogP contribution in [0.3, 0.4) is 0 Å². The fourth-order valence-corrected chi connectivity index (χ4v) is 3.45. The molecule has 3 aliphatic rings. The van der Waals surface area contributed by atoms with E-state index in [1.54, 1.807) is 5.57 Å². The lowest BCUT2D eigenvalue weighted by Crippen LogP contribution is -2.31. The zero-order valence-electron chi connectivity index (χ0n) is 10.9. The fourth-order valence-electron chi connectivity index (χ4n) is 3.45. The molecule has 0 saturated carbocycles. The van der Waals surface area contributed by atoms with Crippen molar-refractivity contribution < 1.29 is 14.3 Å². The number of carbonyl (C=O) groups excluding carboxylic acids is 1. The second kappa shape index (κ2) is 4.88. The van der Waals surface area contributed by atoms with Gasteiger partial charge in [0.05, 0.1) is 18.3 Å². The minimum atomic E-state index is -0.188. The van der Waals surface area contributed by atoms with Gasteiger partial charge in [0, 0.05) is 12.5 Å². The third-order valence-corrected chi connectivity index (χ3v) is 4.24. The average molecular weight is 248 g/mol. The second-order valence-electron chi connectivity index (χ2n) is 5.26. The molecule has 1 saturated heterocycles. The van der Waals surface area contributed by atoms with Crippen molar-refractivity contribution in [2.75, 3.05) is 13.2 Å². The molecule has 3 nitrogen and oxygen atoms in total. The molecule has 0 aromatic rings. The Bertz CT molecular complexity index is 419. The Balaban J connectivity index is 1.95. The van der Waals surface area contributed by atoms with Gasteiger partial charge in [-0.1, -0.05) is 5.57 Å². The Hall–Kier alpha value is -1.09. The molecule has 0 amide bonds. The number of allylic oxidation sites excluding steroid dienone is 2. The van der Waals surface area contributed by atoms with Gasteiger partial charge in [-0.3, -0.25) is 0 Å². The molecule has 2 unspecified atom stereocenters. The topological polar surface area (TPSA) is 35.5 Å². The molecule has 18 heavy (non-hydrogen) atoms. The van der Waals surface area contributed by atoms with Crippen LogP contribution in [0.15, 0.2) is 22.8 Å². The monoisotopic (exact) mass is 248 g/mol. The lowest BCUT2D eigenvalue weighted by Gasteiger charge is -2.32. The van der Waals surface area contributed by atoms with Crippen LogP contribution in [0.5, 0.6) is 0 Å². The first-order chi connectivity index (χ1) is 8.81. The number of rotatable bonds is 2. The summed E-state index contributed by atoms with van der Waals surface area (Å²) in [6.45, 7) is 3.04. The van der Waals surface area contributed by atoms with Crippen molar-refractivity contribution in [2.45, 2.75) is 45.1 Å². The van der Waals surface area contributed by atoms with Gasteiger partial charge in [0.15, 0.2) is 0 Å². The van der Waals surface area contributed by atoms with Gasteiger partial charge in [0.1, 0.15) is 0 Å². The maximum Gasteiger partial charge on any atom is 0.336 e. The van der Waals surface area contributed by atoms with E-state index in [1.807, 2.05) is 6.92 Å². The third kappa shape index (κ3) is 1.91. The van der Waals surface area contributed by atoms with Gasteiger partial charge in [-0.05, 0) is 50.7 Å². The van der Waals surface area contributed by atoms with Crippen LogP contribution in [-0.4, -0.2) is 25.3 Å². The van der Waals surface area contributed by atoms with Crippen LogP contribution < -0.4 is 0 Å². The highest BCUT2D eigenvalue weighted by molar-refractivity contribution is 5.91. The number of esters is 1. The summed E-state index contributed by atoms with van der Waals surface area (Å²) in [5.74, 6) is 0.247. The standard InChI is InChI=1S/C15H20O3/c1-2-17-15(16)13-9-10-5-3-4-6-11(10)12-7-8-18-14(12)13/h9,12,14H,2-8H2,1H3. The number of hydrogen-bond donors (Lipinski definition) is 0. The fraction of sp³-hybridized carbons (Fsp3) is 0.667. The second-order valence-corrected chi connectivity index (χ2v) is 5.26. The van der Waals surface area contributed by atoms with Gasteiger partial charge < -0.3 is 9.47 Å². The number of hydrogen-bond acceptors (Lipinski definition) is 3. The minimum absolute atomic E-state index is 0.0408. The molecular formula is C15H20O3. The largest absolute Gasteiger partial charge is 0.463 e. The molecular weight excluding hydrogens is 228 g/mol. The highest BCUT2D eigenvalue weighted by Crippen LogP contribution is 2.44. The van der Waals surface area contributed by atoms with E-state index in [4.69, 9.17) is 9.47 Å². The summed E-state index contributed by atoms with van der Waals surface area (Å²) in [7, 11) is 0. The number of ether oxygens (including phenoxy) is 2. The van der Waals surface area contributed by atoms with Gasteiger partial charge in [0.2, 0.25) is 0 Å². The van der Waals surface area contributed by atoms with Gasteiger partial charge in [0.25, 0.3) is 0 Å². The van der Waals surface area contributed by atoms with E-state index in [0.717, 1.165) is 25.0 Å². The van der Waals surface area contributed by atoms with Gasteiger partial charge in [-0.2, -0.15) is 0 Å². The first-order valence-corrected chi connectivity index (χ1v) is 7.03. The summed E-state index contributed by atoms with van der Waals surface area (Å²) in [5, 5.41) is 0. The molecule has 3 rings (SSSR count). The van der Waals surface area contributed by atoms with Crippen molar-refractivity contribution in [1.29, 1.82) is 0 Å². The first-order valence-electron chi connectivity index (χ1n) is 7.03. The van der Waals surface area contributed by atoms with E-state index in [-0.39, 0.29) is 12.1 Å². The van der Waals surface area contributed by atoms with E-state index in [9.17, 15) is 4.79 Å². The molecule has 1 fully saturated rings. The van der Waals surface area contributed by atoms with Crippen molar-refractivity contribution in [2.24, 2.45) is 5.92 Å². The summed E-state index contributed by atoms with van der Waals surface area (Å²) >= 11 is 0. The van der Waals surface area contributed by atoms with E-state index in [2.05, 4.69) is 6.08 Å². The molecule has 2 aliphatic carbocycles. The predicted octanol–water partition coefficient (Wildman–Crippen LogP) is 2.77. The minimum Gasteiger partial charge on any atom is -0.463 e. The zero-order chi connectivity index (χ0) is 12.5. The summed E-state index contributed by atoms with van der Waals surface area (Å²) in [5.41, 5.74) is 3.69. The van der Waals surface area contributed by atoms with Crippen molar-refractivity contribution in [3.8, 4) is 0 Å². The predicted molar refractivity (Wildman–Crippen MR) is 68.1 cm³/mol. The van der Waals surface area contributed by atoms with E-state index in [0.29, 0.717) is 12.5 Å². The van der Waals surface area contributed by atoms with Gasteiger partial charge in [-0.15, -0.1) is 0 Å². The van der Waals surface area contributed by atoms with E-state index in [1.165, 1.54) is 24.8 Å². The molecule has 98 valence electrons. The summed E-state index contributed by atoms with van der Waals surface area (Å²) in [6.07, 6.45) is 7.89. The Morgan fingerprint density at radius 1 is 1.44 bits per heavy atom. The molecule has 0 spiro atoms. The first kappa shape index (κ1) is 12.0. The van der Waals surface area contributed by atoms with Crippen molar-refractivity contribution in [1.82, 2.24) is 0 Å². The molecule has 0 radical (unpaired) electrons. The van der Waals surface area contributed by atoms with Crippen molar-refractivity contribution >= 4 is 5.97 Å². The maximum absolute atomic E-state index is 12.0. The summed E-state index contributed by atoms with van der Waals surface area (Å²) in [4.78, 5) is 12.0. The van der Waals surface area contributed by atoms with E-state index < -0.39 is 0 Å². The molecule has 0 bridgehead atoms. The maximum atomic E-state index is 12.0. The zero-order valence-corrected chi connectivity index (χ0v) is 10.9. The van der Waals surface area contributed by atoms with Crippen LogP contribution in [0.1, 0.15) is 39.0 Å². The Labute approximate surface area is 108 Å². The highest BCUT2D eigenvalue weighted by Gasteiger charge is 2.41. The lowest BCUT2D eigenvalue weighted by atomic mass is 9.75. The molecule has 3 heteroatoms. The summed E-state index contributed by atoms with van der Waals surface area (Å²) < 4.78 is 10.9. The quantitative estimate of drug-likeness (QED) is 0.705. The van der Waals surface area contributed by atoms with Crippen LogP contribution >= 0.6 is 0 Å². The SMILES string of the molecule is CCOC(=O)C1=CC2=C(CCCC2)C2CCOC12.